The number of rotatable bonds is 7. The van der Waals surface area contributed by atoms with Crippen LogP contribution in [0.5, 0.6) is 5.88 Å². The quantitative estimate of drug-likeness (QED) is 0.821. The van der Waals surface area contributed by atoms with Crippen LogP contribution in [0.1, 0.15) is 32.2 Å². The maximum atomic E-state index is 6.12. The molecular formula is C17H24N4O. The fourth-order valence-electron chi connectivity index (χ4n) is 2.11. The van der Waals surface area contributed by atoms with Gasteiger partial charge in [0, 0.05) is 13.0 Å². The van der Waals surface area contributed by atoms with Gasteiger partial charge in [0.05, 0.1) is 6.61 Å². The Bertz CT molecular complexity index is 599. The number of nitrogens with zero attached hydrogens (tertiary/aromatic N) is 2. The van der Waals surface area contributed by atoms with Gasteiger partial charge < -0.3 is 15.8 Å². The van der Waals surface area contributed by atoms with Gasteiger partial charge in [0.1, 0.15) is 11.5 Å². The molecule has 0 unspecified atom stereocenters. The standard InChI is InChI=1S/C17H24N4O/c1-4-22-17-15(18)16(20-14(21-17)10-12(2)3)19-11-13-8-6-5-7-9-13/h5-9,12H,4,10-11,18H2,1-3H3,(H,19,20,21). The molecule has 2 aromatic rings. The molecule has 0 saturated heterocycles. The molecule has 0 aliphatic rings. The monoisotopic (exact) mass is 300 g/mol. The second-order valence-electron chi connectivity index (χ2n) is 5.58. The van der Waals surface area contributed by atoms with Crippen molar-refractivity contribution in [3.05, 3.63) is 41.7 Å². The highest BCUT2D eigenvalue weighted by Crippen LogP contribution is 2.27. The van der Waals surface area contributed by atoms with E-state index in [1.54, 1.807) is 0 Å². The third-order valence-electron chi connectivity index (χ3n) is 3.13. The summed E-state index contributed by atoms with van der Waals surface area (Å²) < 4.78 is 5.54. The highest BCUT2D eigenvalue weighted by molar-refractivity contribution is 5.67. The fourth-order valence-corrected chi connectivity index (χ4v) is 2.11. The molecule has 0 fully saturated rings. The van der Waals surface area contributed by atoms with E-state index in [1.165, 1.54) is 5.56 Å². The van der Waals surface area contributed by atoms with E-state index in [1.807, 2.05) is 25.1 Å². The van der Waals surface area contributed by atoms with Crippen molar-refractivity contribution in [2.75, 3.05) is 17.7 Å². The molecule has 0 aliphatic heterocycles. The summed E-state index contributed by atoms with van der Waals surface area (Å²) in [6.45, 7) is 7.38. The summed E-state index contributed by atoms with van der Waals surface area (Å²) in [6, 6.07) is 10.1. The Morgan fingerprint density at radius 3 is 2.55 bits per heavy atom. The van der Waals surface area contributed by atoms with Crippen molar-refractivity contribution < 1.29 is 4.74 Å². The number of nitrogens with two attached hydrogens (primary N) is 1. The van der Waals surface area contributed by atoms with E-state index in [-0.39, 0.29) is 0 Å². The van der Waals surface area contributed by atoms with Crippen LogP contribution in [0.25, 0.3) is 0 Å². The Hall–Kier alpha value is -2.30. The molecule has 1 aromatic carbocycles. The normalized spacial score (nSPS) is 10.7. The number of hydrogen-bond acceptors (Lipinski definition) is 5. The van der Waals surface area contributed by atoms with Crippen molar-refractivity contribution in [1.82, 2.24) is 9.97 Å². The van der Waals surface area contributed by atoms with Crippen LogP contribution in [0.2, 0.25) is 0 Å². The van der Waals surface area contributed by atoms with E-state index >= 15 is 0 Å². The van der Waals surface area contributed by atoms with Crippen LogP contribution in [0.15, 0.2) is 30.3 Å². The van der Waals surface area contributed by atoms with Gasteiger partial charge in [-0.3, -0.25) is 0 Å². The minimum atomic E-state index is 0.462. The van der Waals surface area contributed by atoms with Gasteiger partial charge in [0.15, 0.2) is 5.82 Å². The first-order valence-electron chi connectivity index (χ1n) is 7.67. The van der Waals surface area contributed by atoms with Crippen LogP contribution in [-0.2, 0) is 13.0 Å². The Morgan fingerprint density at radius 1 is 1.18 bits per heavy atom. The molecule has 118 valence electrons. The summed E-state index contributed by atoms with van der Waals surface area (Å²) in [5.41, 5.74) is 7.75. The van der Waals surface area contributed by atoms with Gasteiger partial charge in [-0.25, -0.2) is 4.98 Å². The lowest BCUT2D eigenvalue weighted by Gasteiger charge is -2.14. The number of anilines is 2. The van der Waals surface area contributed by atoms with Gasteiger partial charge in [-0.15, -0.1) is 0 Å². The maximum Gasteiger partial charge on any atom is 0.242 e. The first-order chi connectivity index (χ1) is 10.6. The third kappa shape index (κ3) is 4.35. The zero-order valence-corrected chi connectivity index (χ0v) is 13.5. The molecule has 0 spiro atoms. The van der Waals surface area contributed by atoms with E-state index in [0.717, 1.165) is 12.2 Å². The molecule has 0 aliphatic carbocycles. The summed E-state index contributed by atoms with van der Waals surface area (Å²) in [7, 11) is 0. The van der Waals surface area contributed by atoms with Crippen LogP contribution in [0.4, 0.5) is 11.5 Å². The minimum Gasteiger partial charge on any atom is -0.476 e. The predicted molar refractivity (Wildman–Crippen MR) is 89.9 cm³/mol. The van der Waals surface area contributed by atoms with Crippen LogP contribution < -0.4 is 15.8 Å². The lowest BCUT2D eigenvalue weighted by molar-refractivity contribution is 0.326. The molecule has 0 atom stereocenters. The molecular weight excluding hydrogens is 276 g/mol. The zero-order chi connectivity index (χ0) is 15.9. The summed E-state index contributed by atoms with van der Waals surface area (Å²) in [4.78, 5) is 8.96. The molecule has 22 heavy (non-hydrogen) atoms. The highest BCUT2D eigenvalue weighted by Gasteiger charge is 2.13. The Morgan fingerprint density at radius 2 is 1.91 bits per heavy atom. The lowest BCUT2D eigenvalue weighted by Crippen LogP contribution is -2.12. The van der Waals surface area contributed by atoms with E-state index in [0.29, 0.717) is 36.5 Å². The number of nitrogen functional groups attached to an aromatic ring is 1. The lowest BCUT2D eigenvalue weighted by atomic mass is 10.1. The van der Waals surface area contributed by atoms with E-state index in [9.17, 15) is 0 Å². The van der Waals surface area contributed by atoms with Gasteiger partial charge in [0.25, 0.3) is 0 Å². The topological polar surface area (TPSA) is 73.1 Å². The average molecular weight is 300 g/mol. The molecule has 1 heterocycles. The first-order valence-corrected chi connectivity index (χ1v) is 7.67. The van der Waals surface area contributed by atoms with Crippen LogP contribution in [0, 0.1) is 5.92 Å². The molecule has 1 aromatic heterocycles. The van der Waals surface area contributed by atoms with Crippen LogP contribution >= 0.6 is 0 Å². The smallest absolute Gasteiger partial charge is 0.242 e. The van der Waals surface area contributed by atoms with Gasteiger partial charge in [-0.2, -0.15) is 4.98 Å². The molecule has 3 N–H and O–H groups in total. The van der Waals surface area contributed by atoms with Crippen molar-refractivity contribution in [3.63, 3.8) is 0 Å². The third-order valence-corrected chi connectivity index (χ3v) is 3.13. The van der Waals surface area contributed by atoms with E-state index in [4.69, 9.17) is 10.5 Å². The predicted octanol–water partition coefficient (Wildman–Crippen LogP) is 3.27. The van der Waals surface area contributed by atoms with Gasteiger partial charge in [-0.05, 0) is 18.4 Å². The summed E-state index contributed by atoms with van der Waals surface area (Å²) in [6.07, 6.45) is 0.792. The first kappa shape index (κ1) is 16.1. The average Bonchev–Trinajstić information content (AvgIpc) is 2.49. The summed E-state index contributed by atoms with van der Waals surface area (Å²) in [5, 5.41) is 3.29. The largest absolute Gasteiger partial charge is 0.476 e. The molecule has 5 heteroatoms. The van der Waals surface area contributed by atoms with Gasteiger partial charge >= 0.3 is 0 Å². The Labute approximate surface area is 131 Å². The van der Waals surface area contributed by atoms with Crippen molar-refractivity contribution >= 4 is 11.5 Å². The molecule has 5 nitrogen and oxygen atoms in total. The van der Waals surface area contributed by atoms with Crippen LogP contribution in [0.3, 0.4) is 0 Å². The number of benzene rings is 1. The van der Waals surface area contributed by atoms with Gasteiger partial charge in [0.2, 0.25) is 5.88 Å². The fraction of sp³-hybridized carbons (Fsp3) is 0.412. The van der Waals surface area contributed by atoms with Crippen molar-refractivity contribution in [2.45, 2.75) is 33.7 Å². The summed E-state index contributed by atoms with van der Waals surface area (Å²) in [5.74, 6) is 2.32. The van der Waals surface area contributed by atoms with Crippen molar-refractivity contribution in [3.8, 4) is 5.88 Å². The number of aromatic nitrogens is 2. The van der Waals surface area contributed by atoms with Crippen molar-refractivity contribution in [2.24, 2.45) is 5.92 Å². The molecule has 0 amide bonds. The molecule has 0 saturated carbocycles. The molecule has 0 bridgehead atoms. The Kier molecular flexibility index (Phi) is 5.58. The van der Waals surface area contributed by atoms with Gasteiger partial charge in [-0.1, -0.05) is 44.2 Å². The van der Waals surface area contributed by atoms with E-state index < -0.39 is 0 Å². The zero-order valence-electron chi connectivity index (χ0n) is 13.5. The number of hydrogen-bond donors (Lipinski definition) is 2. The molecule has 2 rings (SSSR count). The second-order valence-corrected chi connectivity index (χ2v) is 5.58. The highest BCUT2D eigenvalue weighted by atomic mass is 16.5. The second kappa shape index (κ2) is 7.64. The van der Waals surface area contributed by atoms with Crippen molar-refractivity contribution in [1.29, 1.82) is 0 Å². The summed E-state index contributed by atoms with van der Waals surface area (Å²) >= 11 is 0. The number of ether oxygens (including phenoxy) is 1. The molecule has 0 radical (unpaired) electrons. The minimum absolute atomic E-state index is 0.462. The SMILES string of the molecule is CCOc1nc(CC(C)C)nc(NCc2ccccc2)c1N. The number of nitrogens with one attached hydrogen (secondary N) is 1. The van der Waals surface area contributed by atoms with Crippen LogP contribution in [-0.4, -0.2) is 16.6 Å². The maximum absolute atomic E-state index is 6.12. The Balaban J connectivity index is 2.22. The van der Waals surface area contributed by atoms with E-state index in [2.05, 4.69) is 41.3 Å².